The number of nitrogens with one attached hydrogen (secondary N) is 1. The molecular formula is C13H16Cl3NO3S. The van der Waals surface area contributed by atoms with Gasteiger partial charge in [-0.15, -0.1) is 0 Å². The van der Waals surface area contributed by atoms with Crippen LogP contribution in [0.15, 0.2) is 17.0 Å². The van der Waals surface area contributed by atoms with Gasteiger partial charge < -0.3 is 5.32 Å². The summed E-state index contributed by atoms with van der Waals surface area (Å²) in [5.74, 6) is -0.468. The predicted molar refractivity (Wildman–Crippen MR) is 86.0 cm³/mol. The predicted octanol–water partition coefficient (Wildman–Crippen LogP) is 4.23. The molecule has 0 aliphatic carbocycles. The second kappa shape index (κ2) is 7.68. The van der Waals surface area contributed by atoms with Gasteiger partial charge in [-0.3, -0.25) is 4.79 Å². The van der Waals surface area contributed by atoms with E-state index >= 15 is 0 Å². The lowest BCUT2D eigenvalue weighted by atomic mass is 10.1. The molecule has 0 saturated carbocycles. The largest absolute Gasteiger partial charge is 0.349 e. The molecule has 0 saturated heterocycles. The first-order valence-corrected chi connectivity index (χ1v) is 9.51. The van der Waals surface area contributed by atoms with Gasteiger partial charge in [0.15, 0.2) is 0 Å². The van der Waals surface area contributed by atoms with Crippen molar-refractivity contribution in [3.05, 3.63) is 27.7 Å². The van der Waals surface area contributed by atoms with E-state index in [0.29, 0.717) is 0 Å². The van der Waals surface area contributed by atoms with Crippen LogP contribution < -0.4 is 5.32 Å². The van der Waals surface area contributed by atoms with Gasteiger partial charge in [-0.1, -0.05) is 43.5 Å². The van der Waals surface area contributed by atoms with Crippen LogP contribution in [0.4, 0.5) is 0 Å². The summed E-state index contributed by atoms with van der Waals surface area (Å²) in [5, 5.41) is 2.66. The topological polar surface area (TPSA) is 63.2 Å². The summed E-state index contributed by atoms with van der Waals surface area (Å²) < 4.78 is 22.9. The Morgan fingerprint density at radius 1 is 1.29 bits per heavy atom. The van der Waals surface area contributed by atoms with Crippen LogP contribution in [0, 0.1) is 0 Å². The average Bonchev–Trinajstić information content (AvgIpc) is 2.39. The van der Waals surface area contributed by atoms with E-state index in [1.807, 2.05) is 13.8 Å². The zero-order valence-electron chi connectivity index (χ0n) is 11.6. The second-order valence-electron chi connectivity index (χ2n) is 4.57. The van der Waals surface area contributed by atoms with E-state index in [-0.39, 0.29) is 26.5 Å². The molecule has 0 fully saturated rings. The van der Waals surface area contributed by atoms with Crippen LogP contribution in [-0.4, -0.2) is 20.4 Å². The molecule has 1 aromatic carbocycles. The standard InChI is InChI=1S/C13H16Cl3NO3S/c1-3-5-9(4-2)17-13(18)10-6-8(14)7-11(12(10)15)21(16,19)20/h6-7,9H,3-5H2,1-2H3,(H,17,18). The Balaban J connectivity index is 3.19. The molecule has 1 rings (SSSR count). The third kappa shape index (κ3) is 5.02. The molecule has 0 radical (unpaired) electrons. The van der Waals surface area contributed by atoms with Gasteiger partial charge in [-0.2, -0.15) is 0 Å². The lowest BCUT2D eigenvalue weighted by Gasteiger charge is -2.17. The Morgan fingerprint density at radius 2 is 1.90 bits per heavy atom. The van der Waals surface area contributed by atoms with Crippen LogP contribution >= 0.6 is 33.9 Å². The molecule has 0 aliphatic rings. The van der Waals surface area contributed by atoms with Crippen LogP contribution in [0.2, 0.25) is 10.0 Å². The van der Waals surface area contributed by atoms with E-state index in [0.717, 1.165) is 25.3 Å². The van der Waals surface area contributed by atoms with E-state index in [4.69, 9.17) is 33.9 Å². The minimum atomic E-state index is -4.08. The first-order chi connectivity index (χ1) is 9.70. The zero-order valence-corrected chi connectivity index (χ0v) is 14.7. The van der Waals surface area contributed by atoms with Crippen LogP contribution in [-0.2, 0) is 9.05 Å². The van der Waals surface area contributed by atoms with Crippen molar-refractivity contribution in [2.24, 2.45) is 0 Å². The molecule has 4 nitrogen and oxygen atoms in total. The molecule has 0 bridgehead atoms. The summed E-state index contributed by atoms with van der Waals surface area (Å²) in [6.07, 6.45) is 2.50. The molecule has 1 aromatic rings. The highest BCUT2D eigenvalue weighted by molar-refractivity contribution is 8.13. The summed E-state index contributed by atoms with van der Waals surface area (Å²) >= 11 is 11.8. The SMILES string of the molecule is CCCC(CC)NC(=O)c1cc(Cl)cc(S(=O)(=O)Cl)c1Cl. The highest BCUT2D eigenvalue weighted by Crippen LogP contribution is 2.31. The van der Waals surface area contributed by atoms with E-state index in [2.05, 4.69) is 5.32 Å². The van der Waals surface area contributed by atoms with Crippen molar-refractivity contribution < 1.29 is 13.2 Å². The number of carbonyl (C=O) groups is 1. The number of amides is 1. The Bertz CT molecular complexity index is 632. The minimum absolute atomic E-state index is 0.00190. The smallest absolute Gasteiger partial charge is 0.262 e. The van der Waals surface area contributed by atoms with Crippen molar-refractivity contribution in [2.45, 2.75) is 44.0 Å². The molecular weight excluding hydrogens is 357 g/mol. The number of carbonyl (C=O) groups excluding carboxylic acids is 1. The molecule has 1 unspecified atom stereocenters. The molecule has 0 aromatic heterocycles. The molecule has 1 atom stereocenters. The van der Waals surface area contributed by atoms with Gasteiger partial charge in [0.1, 0.15) is 4.90 Å². The Morgan fingerprint density at radius 3 is 2.38 bits per heavy atom. The highest BCUT2D eigenvalue weighted by Gasteiger charge is 2.23. The van der Waals surface area contributed by atoms with Gasteiger partial charge in [-0.05, 0) is 25.0 Å². The van der Waals surface area contributed by atoms with E-state index in [1.54, 1.807) is 0 Å². The molecule has 118 valence electrons. The normalized spacial score (nSPS) is 13.0. The first-order valence-electron chi connectivity index (χ1n) is 6.45. The quantitative estimate of drug-likeness (QED) is 0.760. The van der Waals surface area contributed by atoms with Crippen molar-refractivity contribution in [1.29, 1.82) is 0 Å². The number of hydrogen-bond acceptors (Lipinski definition) is 3. The van der Waals surface area contributed by atoms with Gasteiger partial charge in [-0.25, -0.2) is 8.42 Å². The number of rotatable bonds is 6. The summed E-state index contributed by atoms with van der Waals surface area (Å²) in [7, 11) is 1.21. The minimum Gasteiger partial charge on any atom is -0.349 e. The van der Waals surface area contributed by atoms with Crippen LogP contribution in [0.5, 0.6) is 0 Å². The molecule has 1 amide bonds. The maximum absolute atomic E-state index is 12.2. The summed E-state index contributed by atoms with van der Waals surface area (Å²) in [4.78, 5) is 11.9. The Labute approximate surface area is 139 Å². The van der Waals surface area contributed by atoms with Crippen LogP contribution in [0.25, 0.3) is 0 Å². The van der Waals surface area contributed by atoms with Gasteiger partial charge in [0, 0.05) is 21.7 Å². The average molecular weight is 373 g/mol. The van der Waals surface area contributed by atoms with Crippen molar-refractivity contribution in [3.8, 4) is 0 Å². The third-order valence-electron chi connectivity index (χ3n) is 2.98. The summed E-state index contributed by atoms with van der Waals surface area (Å²) in [6, 6.07) is 2.43. The molecule has 1 N–H and O–H groups in total. The van der Waals surface area contributed by atoms with E-state index in [1.165, 1.54) is 6.07 Å². The number of halogens is 3. The number of benzene rings is 1. The van der Waals surface area contributed by atoms with Crippen molar-refractivity contribution in [1.82, 2.24) is 5.32 Å². The molecule has 8 heteroatoms. The maximum Gasteiger partial charge on any atom is 0.262 e. The van der Waals surface area contributed by atoms with Gasteiger partial charge >= 0.3 is 0 Å². The van der Waals surface area contributed by atoms with E-state index in [9.17, 15) is 13.2 Å². The van der Waals surface area contributed by atoms with Crippen LogP contribution in [0.1, 0.15) is 43.5 Å². The molecule has 0 aliphatic heterocycles. The van der Waals surface area contributed by atoms with Gasteiger partial charge in [0.05, 0.1) is 10.6 Å². The zero-order chi connectivity index (χ0) is 16.2. The number of hydrogen-bond donors (Lipinski definition) is 1. The lowest BCUT2D eigenvalue weighted by Crippen LogP contribution is -2.34. The molecule has 21 heavy (non-hydrogen) atoms. The van der Waals surface area contributed by atoms with Crippen molar-refractivity contribution in [2.75, 3.05) is 0 Å². The Hall–Kier alpha value is -0.490. The molecule has 0 heterocycles. The maximum atomic E-state index is 12.2. The van der Waals surface area contributed by atoms with Crippen molar-refractivity contribution >= 4 is 48.8 Å². The fourth-order valence-electron chi connectivity index (χ4n) is 1.90. The van der Waals surface area contributed by atoms with Crippen molar-refractivity contribution in [3.63, 3.8) is 0 Å². The van der Waals surface area contributed by atoms with E-state index < -0.39 is 15.0 Å². The summed E-state index contributed by atoms with van der Waals surface area (Å²) in [6.45, 7) is 3.97. The second-order valence-corrected chi connectivity index (χ2v) is 7.92. The molecule has 0 spiro atoms. The van der Waals surface area contributed by atoms with Crippen LogP contribution in [0.3, 0.4) is 0 Å². The Kier molecular flexibility index (Phi) is 6.78. The van der Waals surface area contributed by atoms with Gasteiger partial charge in [0.25, 0.3) is 15.0 Å². The third-order valence-corrected chi connectivity index (χ3v) is 5.06. The highest BCUT2D eigenvalue weighted by atomic mass is 35.7. The van der Waals surface area contributed by atoms with Gasteiger partial charge in [0.2, 0.25) is 0 Å². The summed E-state index contributed by atoms with van der Waals surface area (Å²) in [5.41, 5.74) is -0.00190. The monoisotopic (exact) mass is 371 g/mol. The fourth-order valence-corrected chi connectivity index (χ4v) is 3.75. The fraction of sp³-hybridized carbons (Fsp3) is 0.462. The first kappa shape index (κ1) is 18.6. The lowest BCUT2D eigenvalue weighted by molar-refractivity contribution is 0.0933.